The third kappa shape index (κ3) is 4.53. The normalized spacial score (nSPS) is 13.9. The van der Waals surface area contributed by atoms with Crippen LogP contribution in [0.3, 0.4) is 0 Å². The van der Waals surface area contributed by atoms with E-state index in [9.17, 15) is 0 Å². The van der Waals surface area contributed by atoms with Crippen molar-refractivity contribution in [2.75, 3.05) is 0 Å². The van der Waals surface area contributed by atoms with Crippen LogP contribution in [-0.4, -0.2) is 0 Å². The molecule has 10 aromatic carbocycles. The highest BCUT2D eigenvalue weighted by atomic mass is 16.5. The third-order valence-electron chi connectivity index (χ3n) is 13.3. The van der Waals surface area contributed by atoms with Crippen molar-refractivity contribution < 1.29 is 9.15 Å². The zero-order valence-corrected chi connectivity index (χ0v) is 32.6. The van der Waals surface area contributed by atoms with E-state index in [-0.39, 0.29) is 5.92 Å². The largest absolute Gasteiger partial charge is 0.456 e. The lowest BCUT2D eigenvalue weighted by Gasteiger charge is -2.40. The Hall–Kier alpha value is -7.68. The van der Waals surface area contributed by atoms with Crippen LogP contribution in [0.5, 0.6) is 11.5 Å². The highest BCUT2D eigenvalue weighted by Crippen LogP contribution is 2.65. The fourth-order valence-corrected chi connectivity index (χ4v) is 10.8. The van der Waals surface area contributed by atoms with E-state index in [1.54, 1.807) is 0 Å². The van der Waals surface area contributed by atoms with E-state index >= 15 is 0 Å². The third-order valence-corrected chi connectivity index (χ3v) is 13.3. The second-order valence-corrected chi connectivity index (χ2v) is 16.2. The van der Waals surface area contributed by atoms with Crippen LogP contribution in [0.15, 0.2) is 217 Å². The van der Waals surface area contributed by atoms with Crippen LogP contribution in [0.1, 0.15) is 44.9 Å². The Morgan fingerprint density at radius 2 is 0.967 bits per heavy atom. The van der Waals surface area contributed by atoms with Gasteiger partial charge in [-0.2, -0.15) is 0 Å². The van der Waals surface area contributed by atoms with E-state index < -0.39 is 5.41 Å². The molecule has 13 rings (SSSR count). The zero-order chi connectivity index (χ0) is 39.4. The van der Waals surface area contributed by atoms with Crippen LogP contribution in [0.2, 0.25) is 0 Å². The molecule has 0 bridgehead atoms. The van der Waals surface area contributed by atoms with Gasteiger partial charge in [0.05, 0.1) is 5.41 Å². The predicted molar refractivity (Wildman–Crippen MR) is 245 cm³/mol. The Kier molecular flexibility index (Phi) is 7.03. The fraction of sp³-hybridized carbons (Fsp3) is 0.0345. The van der Waals surface area contributed by atoms with Gasteiger partial charge in [-0.15, -0.1) is 0 Å². The standard InChI is InChI=1S/C58H36O2/c1-2-15-36(16-3-1)39-19-12-20-40(35-39)53(46-26-14-30-52-55(46)44-24-9-11-29-51(44)59-52)45-25-13-28-48-54(45)43-23-8-10-27-47(43)58(48)49-33-31-37-17-4-6-21-41(37)56(49)60-57-42-22-7-5-18-38(42)32-34-50(57)58/h1-35,53H. The summed E-state index contributed by atoms with van der Waals surface area (Å²) in [5, 5.41) is 6.83. The maximum absolute atomic E-state index is 7.26. The van der Waals surface area contributed by atoms with Crippen molar-refractivity contribution in [2.24, 2.45) is 0 Å². The van der Waals surface area contributed by atoms with Gasteiger partial charge in [0.25, 0.3) is 0 Å². The van der Waals surface area contributed by atoms with Crippen molar-refractivity contribution in [2.45, 2.75) is 11.3 Å². The second-order valence-electron chi connectivity index (χ2n) is 16.2. The fourth-order valence-electron chi connectivity index (χ4n) is 10.8. The van der Waals surface area contributed by atoms with Crippen LogP contribution in [0, 0.1) is 0 Å². The van der Waals surface area contributed by atoms with Gasteiger partial charge in [0.2, 0.25) is 0 Å². The average Bonchev–Trinajstić information content (AvgIpc) is 3.84. The van der Waals surface area contributed by atoms with Crippen LogP contribution >= 0.6 is 0 Å². The van der Waals surface area contributed by atoms with E-state index in [4.69, 9.17) is 9.15 Å². The molecule has 0 saturated carbocycles. The highest BCUT2D eigenvalue weighted by Gasteiger charge is 2.52. The van der Waals surface area contributed by atoms with Crippen molar-refractivity contribution >= 4 is 43.5 Å². The smallest absolute Gasteiger partial charge is 0.140 e. The molecule has 1 aliphatic heterocycles. The van der Waals surface area contributed by atoms with Crippen LogP contribution in [-0.2, 0) is 5.41 Å². The molecule has 60 heavy (non-hydrogen) atoms. The summed E-state index contributed by atoms with van der Waals surface area (Å²) >= 11 is 0. The van der Waals surface area contributed by atoms with Gasteiger partial charge in [-0.3, -0.25) is 0 Å². The van der Waals surface area contributed by atoms with Crippen molar-refractivity contribution in [3.05, 3.63) is 251 Å². The summed E-state index contributed by atoms with van der Waals surface area (Å²) in [6.07, 6.45) is 0. The molecule has 0 amide bonds. The van der Waals surface area contributed by atoms with E-state index in [0.717, 1.165) is 66.1 Å². The molecule has 1 unspecified atom stereocenters. The predicted octanol–water partition coefficient (Wildman–Crippen LogP) is 15.2. The molecule has 11 aromatic rings. The Labute approximate surface area is 347 Å². The van der Waals surface area contributed by atoms with Crippen molar-refractivity contribution in [3.63, 3.8) is 0 Å². The number of para-hydroxylation sites is 1. The first-order valence-electron chi connectivity index (χ1n) is 20.8. The number of rotatable bonds is 4. The Bertz CT molecular complexity index is 3450. The van der Waals surface area contributed by atoms with Gasteiger partial charge in [-0.1, -0.05) is 200 Å². The van der Waals surface area contributed by atoms with Gasteiger partial charge in [-0.25, -0.2) is 0 Å². The monoisotopic (exact) mass is 764 g/mol. The molecular weight excluding hydrogens is 729 g/mol. The van der Waals surface area contributed by atoms with Crippen molar-refractivity contribution in [3.8, 4) is 33.8 Å². The number of ether oxygens (including phenoxy) is 1. The number of benzene rings is 10. The maximum Gasteiger partial charge on any atom is 0.140 e. The number of furan rings is 1. The zero-order valence-electron chi connectivity index (χ0n) is 32.6. The molecule has 2 heterocycles. The van der Waals surface area contributed by atoms with Gasteiger partial charge in [-0.05, 0) is 73.0 Å². The van der Waals surface area contributed by atoms with E-state index in [1.807, 2.05) is 0 Å². The van der Waals surface area contributed by atoms with Gasteiger partial charge in [0.15, 0.2) is 0 Å². The van der Waals surface area contributed by atoms with E-state index in [1.165, 1.54) is 50.1 Å². The van der Waals surface area contributed by atoms with Crippen LogP contribution in [0.4, 0.5) is 0 Å². The van der Waals surface area contributed by atoms with Gasteiger partial charge < -0.3 is 9.15 Å². The van der Waals surface area contributed by atoms with Crippen LogP contribution in [0.25, 0.3) is 65.7 Å². The quantitative estimate of drug-likeness (QED) is 0.167. The lowest BCUT2D eigenvalue weighted by molar-refractivity contribution is 0.447. The summed E-state index contributed by atoms with van der Waals surface area (Å²) < 4.78 is 13.8. The molecule has 0 radical (unpaired) electrons. The summed E-state index contributed by atoms with van der Waals surface area (Å²) in [5.41, 5.74) is 14.6. The molecule has 2 aliphatic rings. The summed E-state index contributed by atoms with van der Waals surface area (Å²) in [6, 6.07) is 77.6. The molecule has 1 atom stereocenters. The minimum atomic E-state index is -0.649. The number of fused-ring (bicyclic) bond motifs is 16. The molecule has 1 aromatic heterocycles. The lowest BCUT2D eigenvalue weighted by atomic mass is 9.65. The Morgan fingerprint density at radius 3 is 1.75 bits per heavy atom. The summed E-state index contributed by atoms with van der Waals surface area (Å²) in [4.78, 5) is 0. The van der Waals surface area contributed by atoms with Crippen molar-refractivity contribution in [1.82, 2.24) is 0 Å². The Balaban J connectivity index is 1.17. The maximum atomic E-state index is 7.26. The number of hydrogen-bond donors (Lipinski definition) is 0. The summed E-state index contributed by atoms with van der Waals surface area (Å²) in [5.74, 6) is 1.71. The molecule has 1 aliphatic carbocycles. The molecule has 1 spiro atoms. The second kappa shape index (κ2) is 12.7. The molecule has 280 valence electrons. The number of hydrogen-bond acceptors (Lipinski definition) is 2. The molecule has 0 saturated heterocycles. The molecule has 0 fully saturated rings. The highest BCUT2D eigenvalue weighted by molar-refractivity contribution is 6.08. The van der Waals surface area contributed by atoms with Crippen molar-refractivity contribution in [1.29, 1.82) is 0 Å². The molecule has 2 nitrogen and oxygen atoms in total. The minimum absolute atomic E-state index is 0.136. The first-order valence-corrected chi connectivity index (χ1v) is 20.8. The SMILES string of the molecule is c1ccc(-c2cccc(C(c3cccc4c3-c3ccccc3C43c4ccc5ccccc5c4Oc4c3ccc3ccccc43)c3cccc4oc5ccccc5c34)c2)cc1. The van der Waals surface area contributed by atoms with E-state index in [2.05, 4.69) is 212 Å². The molecule has 0 N–H and O–H groups in total. The summed E-state index contributed by atoms with van der Waals surface area (Å²) in [6.45, 7) is 0. The molecule has 2 heteroatoms. The Morgan fingerprint density at radius 1 is 0.383 bits per heavy atom. The van der Waals surface area contributed by atoms with E-state index in [0.29, 0.717) is 0 Å². The van der Waals surface area contributed by atoms with Gasteiger partial charge in [0.1, 0.15) is 22.7 Å². The van der Waals surface area contributed by atoms with Crippen LogP contribution < -0.4 is 4.74 Å². The average molecular weight is 765 g/mol. The van der Waals surface area contributed by atoms with Gasteiger partial charge >= 0.3 is 0 Å². The topological polar surface area (TPSA) is 22.4 Å². The van der Waals surface area contributed by atoms with Gasteiger partial charge in [0, 0.05) is 38.6 Å². The first-order chi connectivity index (χ1) is 29.8. The first kappa shape index (κ1) is 33.3. The lowest BCUT2D eigenvalue weighted by Crippen LogP contribution is -2.32. The minimum Gasteiger partial charge on any atom is -0.456 e. The molecular formula is C58H36O2. The summed E-state index contributed by atoms with van der Waals surface area (Å²) in [7, 11) is 0.